The fourth-order valence-electron chi connectivity index (χ4n) is 5.91. The number of halogens is 2. The Balaban J connectivity index is 1.64. The lowest BCUT2D eigenvalue weighted by Gasteiger charge is -2.46. The maximum Gasteiger partial charge on any atom is 0.305 e. The summed E-state index contributed by atoms with van der Waals surface area (Å²) in [5.74, 6) is -0.811. The van der Waals surface area contributed by atoms with Crippen LogP contribution in [0.2, 0.25) is 5.02 Å². The predicted octanol–water partition coefficient (Wildman–Crippen LogP) is 6.80. The molecular weight excluding hydrogens is 641 g/mol. The summed E-state index contributed by atoms with van der Waals surface area (Å²) in [4.78, 5) is 44.5. The lowest BCUT2D eigenvalue weighted by molar-refractivity contribution is -0.137. The highest BCUT2D eigenvalue weighted by Crippen LogP contribution is 2.49. The first-order chi connectivity index (χ1) is 18.9. The molecule has 0 unspecified atom stereocenters. The third kappa shape index (κ3) is 6.38. The Morgan fingerprint density at radius 1 is 1.18 bits per heavy atom. The predicted molar refractivity (Wildman–Crippen MR) is 166 cm³/mol. The number of hydrogen-bond acceptors (Lipinski definition) is 4. The second kappa shape index (κ2) is 12.2. The van der Waals surface area contributed by atoms with Gasteiger partial charge in [-0.25, -0.2) is 0 Å². The average Bonchev–Trinajstić information content (AvgIpc) is 3.19. The van der Waals surface area contributed by atoms with E-state index in [1.165, 1.54) is 0 Å². The number of rotatable bonds is 8. The van der Waals surface area contributed by atoms with Gasteiger partial charge in [0.15, 0.2) is 0 Å². The first-order valence-electron chi connectivity index (χ1n) is 13.7. The van der Waals surface area contributed by atoms with Crippen molar-refractivity contribution in [2.75, 3.05) is 6.54 Å². The lowest BCUT2D eigenvalue weighted by atomic mass is 9.69. The van der Waals surface area contributed by atoms with Crippen LogP contribution in [-0.2, 0) is 14.0 Å². The van der Waals surface area contributed by atoms with Crippen LogP contribution in [0.5, 0.6) is 0 Å². The minimum absolute atomic E-state index is 0.0662. The summed E-state index contributed by atoms with van der Waals surface area (Å²) in [6.45, 7) is 8.93. The molecule has 2 aliphatic rings. The number of nitrogens with one attached hydrogen (secondary N) is 1. The van der Waals surface area contributed by atoms with Gasteiger partial charge in [-0.1, -0.05) is 73.2 Å². The van der Waals surface area contributed by atoms with Crippen LogP contribution in [0.4, 0.5) is 0 Å². The highest BCUT2D eigenvalue weighted by molar-refractivity contribution is 14.1. The van der Waals surface area contributed by atoms with Gasteiger partial charge >= 0.3 is 5.97 Å². The van der Waals surface area contributed by atoms with Crippen LogP contribution in [0.25, 0.3) is 0 Å². The third-order valence-electron chi connectivity index (χ3n) is 8.33. The molecule has 4 rings (SSSR count). The Bertz CT molecular complexity index is 1310. The van der Waals surface area contributed by atoms with Crippen molar-refractivity contribution < 1.29 is 19.5 Å². The first-order valence-corrected chi connectivity index (χ1v) is 15.6. The molecule has 1 atom stereocenters. The van der Waals surface area contributed by atoms with Crippen LogP contribution in [0, 0.1) is 11.3 Å². The molecule has 2 N–H and O–H groups in total. The van der Waals surface area contributed by atoms with Gasteiger partial charge in [0.05, 0.1) is 12.5 Å². The molecule has 0 saturated heterocycles. The summed E-state index contributed by atoms with van der Waals surface area (Å²) < 4.78 is 0.737. The minimum Gasteiger partial charge on any atom is -0.481 e. The monoisotopic (exact) mass is 677 g/mol. The van der Waals surface area contributed by atoms with E-state index in [1.807, 2.05) is 42.2 Å². The van der Waals surface area contributed by atoms with E-state index in [9.17, 15) is 14.4 Å². The van der Waals surface area contributed by atoms with Gasteiger partial charge in [0.2, 0.25) is 0 Å². The molecule has 0 aromatic heterocycles. The minimum atomic E-state index is -0.962. The summed E-state index contributed by atoms with van der Waals surface area (Å²) in [7, 11) is 0. The Morgan fingerprint density at radius 2 is 1.82 bits per heavy atom. The van der Waals surface area contributed by atoms with Crippen LogP contribution < -0.4 is 5.32 Å². The second-order valence-corrected chi connectivity index (χ2v) is 13.1. The highest BCUT2D eigenvalue weighted by Gasteiger charge is 2.52. The molecule has 1 fully saturated rings. The number of aliphatic imine (C=N–C) groups is 1. The summed E-state index contributed by atoms with van der Waals surface area (Å²) in [6, 6.07) is 12.6. The molecule has 214 valence electrons. The van der Waals surface area contributed by atoms with Gasteiger partial charge in [0.1, 0.15) is 11.4 Å². The molecule has 1 aliphatic carbocycles. The normalized spacial score (nSPS) is 21.9. The molecule has 40 heavy (non-hydrogen) atoms. The molecule has 2 aromatic carbocycles. The van der Waals surface area contributed by atoms with Crippen molar-refractivity contribution >= 4 is 57.7 Å². The zero-order chi connectivity index (χ0) is 29.2. The van der Waals surface area contributed by atoms with Crippen molar-refractivity contribution in [1.29, 1.82) is 0 Å². The molecule has 2 amide bonds. The van der Waals surface area contributed by atoms with Crippen molar-refractivity contribution in [3.63, 3.8) is 0 Å². The van der Waals surface area contributed by atoms with Gasteiger partial charge in [0, 0.05) is 27.1 Å². The van der Waals surface area contributed by atoms with Gasteiger partial charge in [-0.3, -0.25) is 19.4 Å². The Morgan fingerprint density at radius 3 is 2.40 bits per heavy atom. The third-order valence-corrected chi connectivity index (χ3v) is 9.52. The van der Waals surface area contributed by atoms with Crippen LogP contribution in [0.3, 0.4) is 0 Å². The van der Waals surface area contributed by atoms with Crippen molar-refractivity contribution in [2.45, 2.75) is 75.9 Å². The molecule has 1 heterocycles. The SMILES string of the molecule is C[C@H](c1ccc(C(=O)NCCC(=O)O)cc1)N1C(=O)C(c2ccc(Cl)c(CI)c2)=NC12CCC(C(C)(C)C)CC2. The van der Waals surface area contributed by atoms with Crippen molar-refractivity contribution in [1.82, 2.24) is 10.2 Å². The average molecular weight is 678 g/mol. The van der Waals surface area contributed by atoms with E-state index < -0.39 is 11.6 Å². The maximum atomic E-state index is 14.2. The topological polar surface area (TPSA) is 99.1 Å². The number of alkyl halides is 1. The van der Waals surface area contributed by atoms with Crippen LogP contribution in [0.15, 0.2) is 47.5 Å². The largest absolute Gasteiger partial charge is 0.481 e. The number of carbonyl (C=O) groups is 3. The van der Waals surface area contributed by atoms with E-state index in [2.05, 4.69) is 48.7 Å². The van der Waals surface area contributed by atoms with Gasteiger partial charge in [0.25, 0.3) is 11.8 Å². The molecule has 0 radical (unpaired) electrons. The number of aliphatic carboxylic acids is 1. The Kier molecular flexibility index (Phi) is 9.29. The van der Waals surface area contributed by atoms with E-state index in [-0.39, 0.29) is 36.2 Å². The quantitative estimate of drug-likeness (QED) is 0.237. The van der Waals surface area contributed by atoms with E-state index in [4.69, 9.17) is 21.7 Å². The van der Waals surface area contributed by atoms with Crippen molar-refractivity contribution in [2.24, 2.45) is 16.3 Å². The number of nitrogens with zero attached hydrogens (tertiary/aromatic N) is 2. The number of carboxylic acids is 1. The van der Waals surface area contributed by atoms with Crippen LogP contribution >= 0.6 is 34.2 Å². The molecule has 9 heteroatoms. The molecule has 1 saturated carbocycles. The lowest BCUT2D eigenvalue weighted by Crippen LogP contribution is -2.50. The van der Waals surface area contributed by atoms with Crippen molar-refractivity contribution in [3.05, 3.63) is 69.7 Å². The number of carboxylic acid groups (broad SMARTS) is 1. The number of benzene rings is 2. The maximum absolute atomic E-state index is 14.2. The Hall–Kier alpha value is -2.46. The van der Waals surface area contributed by atoms with Gasteiger partial charge < -0.3 is 15.3 Å². The smallest absolute Gasteiger partial charge is 0.305 e. The standard InChI is InChI=1S/C31H37ClIN3O4/c1-19(20-5-7-21(8-6-20)28(39)34-16-13-26(37)38)36-29(40)27(22-9-10-25(32)23(17-22)18-33)35-31(36)14-11-24(12-15-31)30(2,3)4/h5-10,17,19,24H,11-16,18H2,1-4H3,(H,34,39)(H,37,38)/t19-,24?,31?/m1/s1. The Labute approximate surface area is 254 Å². The van der Waals surface area contributed by atoms with E-state index in [0.29, 0.717) is 22.2 Å². The summed E-state index contributed by atoms with van der Waals surface area (Å²) in [6.07, 6.45) is 3.44. The molecule has 1 spiro atoms. The fourth-order valence-corrected chi connectivity index (χ4v) is 6.95. The second-order valence-electron chi connectivity index (χ2n) is 11.9. The summed E-state index contributed by atoms with van der Waals surface area (Å²) >= 11 is 8.66. The fraction of sp³-hybridized carbons (Fsp3) is 0.484. The van der Waals surface area contributed by atoms with Gasteiger partial charge in [-0.05, 0) is 79.3 Å². The summed E-state index contributed by atoms with van der Waals surface area (Å²) in [5, 5.41) is 12.1. The molecular formula is C31H37ClIN3O4. The number of carbonyl (C=O) groups excluding carboxylic acids is 2. The van der Waals surface area contributed by atoms with E-state index in [0.717, 1.165) is 46.8 Å². The van der Waals surface area contributed by atoms with Crippen LogP contribution in [-0.4, -0.2) is 45.7 Å². The van der Waals surface area contributed by atoms with Crippen molar-refractivity contribution in [3.8, 4) is 0 Å². The van der Waals surface area contributed by atoms with E-state index >= 15 is 0 Å². The van der Waals surface area contributed by atoms with Gasteiger partial charge in [-0.2, -0.15) is 0 Å². The zero-order valence-corrected chi connectivity index (χ0v) is 26.4. The first kappa shape index (κ1) is 30.5. The number of hydrogen-bond donors (Lipinski definition) is 2. The molecule has 0 bridgehead atoms. The summed E-state index contributed by atoms with van der Waals surface area (Å²) in [5.41, 5.74) is 3.18. The van der Waals surface area contributed by atoms with Crippen LogP contribution in [0.1, 0.15) is 92.9 Å². The molecule has 2 aromatic rings. The van der Waals surface area contributed by atoms with Gasteiger partial charge in [-0.15, -0.1) is 0 Å². The zero-order valence-electron chi connectivity index (χ0n) is 23.5. The van der Waals surface area contributed by atoms with E-state index in [1.54, 1.807) is 12.1 Å². The highest BCUT2D eigenvalue weighted by atomic mass is 127. The number of amides is 2. The molecule has 7 nitrogen and oxygen atoms in total. The molecule has 1 aliphatic heterocycles.